The lowest BCUT2D eigenvalue weighted by Crippen LogP contribution is -2.39. The Morgan fingerprint density at radius 1 is 1.40 bits per heavy atom. The summed E-state index contributed by atoms with van der Waals surface area (Å²) in [5, 5.41) is 3.47. The van der Waals surface area contributed by atoms with Crippen molar-refractivity contribution in [3.8, 4) is 0 Å². The average Bonchev–Trinajstić information content (AvgIpc) is 2.93. The Labute approximate surface area is 120 Å². The summed E-state index contributed by atoms with van der Waals surface area (Å²) in [6.45, 7) is 6.93. The van der Waals surface area contributed by atoms with Gasteiger partial charge in [0.2, 0.25) is 0 Å². The Kier molecular flexibility index (Phi) is 5.49. The van der Waals surface area contributed by atoms with Crippen molar-refractivity contribution in [2.45, 2.75) is 45.2 Å². The van der Waals surface area contributed by atoms with E-state index in [0.29, 0.717) is 11.6 Å². The number of nitrogens with zero attached hydrogens (tertiary/aromatic N) is 1. The van der Waals surface area contributed by atoms with Gasteiger partial charge in [-0.3, -0.25) is 4.90 Å². The third kappa shape index (κ3) is 3.76. The van der Waals surface area contributed by atoms with Crippen molar-refractivity contribution in [2.75, 3.05) is 19.6 Å². The van der Waals surface area contributed by atoms with Crippen LogP contribution in [0.15, 0.2) is 18.2 Å². The molecule has 0 amide bonds. The minimum Gasteiger partial charge on any atom is -0.313 e. The first-order valence-electron chi connectivity index (χ1n) is 7.54. The molecule has 0 aliphatic carbocycles. The Morgan fingerprint density at radius 2 is 2.20 bits per heavy atom. The molecule has 2 atom stereocenters. The minimum atomic E-state index is -0.372. The van der Waals surface area contributed by atoms with Crippen LogP contribution in [0.25, 0.3) is 0 Å². The third-order valence-electron chi connectivity index (χ3n) is 4.08. The van der Waals surface area contributed by atoms with Crippen LogP contribution in [0, 0.1) is 11.6 Å². The first-order chi connectivity index (χ1) is 9.61. The van der Waals surface area contributed by atoms with Crippen LogP contribution in [0.2, 0.25) is 0 Å². The lowest BCUT2D eigenvalue weighted by Gasteiger charge is -2.31. The molecule has 2 rings (SSSR count). The zero-order chi connectivity index (χ0) is 14.5. The molecule has 1 fully saturated rings. The molecule has 0 aromatic heterocycles. The average molecular weight is 282 g/mol. The molecule has 1 aliphatic heterocycles. The summed E-state index contributed by atoms with van der Waals surface area (Å²) in [5.74, 6) is -0.692. The van der Waals surface area contributed by atoms with Crippen LogP contribution < -0.4 is 5.32 Å². The monoisotopic (exact) mass is 282 g/mol. The summed E-state index contributed by atoms with van der Waals surface area (Å²) in [6.07, 6.45) is 3.37. The predicted molar refractivity (Wildman–Crippen MR) is 77.7 cm³/mol. The topological polar surface area (TPSA) is 15.3 Å². The van der Waals surface area contributed by atoms with Crippen LogP contribution in [-0.4, -0.2) is 30.6 Å². The van der Waals surface area contributed by atoms with Gasteiger partial charge in [-0.1, -0.05) is 6.92 Å². The number of nitrogens with one attached hydrogen (secondary N) is 1. The molecule has 112 valence electrons. The second-order valence-corrected chi connectivity index (χ2v) is 5.63. The Bertz CT molecular complexity index is 430. The molecule has 1 saturated heterocycles. The Balaban J connectivity index is 2.12. The van der Waals surface area contributed by atoms with E-state index in [0.717, 1.165) is 26.1 Å². The Hall–Kier alpha value is -1.00. The molecule has 1 aliphatic rings. The third-order valence-corrected chi connectivity index (χ3v) is 4.08. The largest absolute Gasteiger partial charge is 0.313 e. The van der Waals surface area contributed by atoms with E-state index in [4.69, 9.17) is 0 Å². The molecule has 1 aromatic carbocycles. The van der Waals surface area contributed by atoms with Crippen LogP contribution >= 0.6 is 0 Å². The zero-order valence-electron chi connectivity index (χ0n) is 12.3. The maximum absolute atomic E-state index is 13.9. The highest BCUT2D eigenvalue weighted by Crippen LogP contribution is 2.25. The van der Waals surface area contributed by atoms with E-state index in [-0.39, 0.29) is 17.7 Å². The van der Waals surface area contributed by atoms with E-state index in [1.54, 1.807) is 0 Å². The fraction of sp³-hybridized carbons (Fsp3) is 0.625. The second kappa shape index (κ2) is 7.14. The fourth-order valence-electron chi connectivity index (χ4n) is 2.96. The Morgan fingerprint density at radius 3 is 2.85 bits per heavy atom. The quantitative estimate of drug-likeness (QED) is 0.859. The molecule has 2 nitrogen and oxygen atoms in total. The van der Waals surface area contributed by atoms with Crippen molar-refractivity contribution < 1.29 is 8.78 Å². The second-order valence-electron chi connectivity index (χ2n) is 5.63. The highest BCUT2D eigenvalue weighted by molar-refractivity contribution is 5.22. The van der Waals surface area contributed by atoms with Gasteiger partial charge in [0, 0.05) is 24.2 Å². The highest BCUT2D eigenvalue weighted by Gasteiger charge is 2.23. The summed E-state index contributed by atoms with van der Waals surface area (Å²) >= 11 is 0. The lowest BCUT2D eigenvalue weighted by atomic mass is 10.0. The fourth-order valence-corrected chi connectivity index (χ4v) is 2.96. The maximum atomic E-state index is 13.9. The number of rotatable bonds is 6. The minimum absolute atomic E-state index is 0.104. The molecule has 0 bridgehead atoms. The first-order valence-corrected chi connectivity index (χ1v) is 7.54. The summed E-state index contributed by atoms with van der Waals surface area (Å²) in [4.78, 5) is 2.25. The molecule has 1 heterocycles. The molecule has 0 radical (unpaired) electrons. The normalized spacial score (nSPS) is 20.6. The van der Waals surface area contributed by atoms with Gasteiger partial charge in [-0.05, 0) is 57.5 Å². The summed E-state index contributed by atoms with van der Waals surface area (Å²) in [6, 6.07) is 4.09. The maximum Gasteiger partial charge on any atom is 0.128 e. The zero-order valence-corrected chi connectivity index (χ0v) is 12.3. The van der Waals surface area contributed by atoms with Gasteiger partial charge in [-0.15, -0.1) is 0 Å². The molecule has 1 aromatic rings. The summed E-state index contributed by atoms with van der Waals surface area (Å²) in [5.41, 5.74) is 0.455. The molecule has 20 heavy (non-hydrogen) atoms. The van der Waals surface area contributed by atoms with Crippen LogP contribution in [-0.2, 0) is 0 Å². The van der Waals surface area contributed by atoms with Crippen LogP contribution in [0.5, 0.6) is 0 Å². The van der Waals surface area contributed by atoms with E-state index >= 15 is 0 Å². The molecule has 1 N–H and O–H groups in total. The van der Waals surface area contributed by atoms with Crippen molar-refractivity contribution >= 4 is 0 Å². The van der Waals surface area contributed by atoms with Gasteiger partial charge < -0.3 is 5.32 Å². The molecule has 0 spiro atoms. The van der Waals surface area contributed by atoms with Crippen LogP contribution in [0.1, 0.15) is 44.7 Å². The molecule has 4 heteroatoms. The van der Waals surface area contributed by atoms with Crippen LogP contribution in [0.4, 0.5) is 8.78 Å². The number of benzene rings is 1. The highest BCUT2D eigenvalue weighted by atomic mass is 19.1. The van der Waals surface area contributed by atoms with Crippen molar-refractivity contribution in [2.24, 2.45) is 0 Å². The van der Waals surface area contributed by atoms with Crippen molar-refractivity contribution in [3.05, 3.63) is 35.4 Å². The van der Waals surface area contributed by atoms with E-state index in [1.165, 1.54) is 31.0 Å². The summed E-state index contributed by atoms with van der Waals surface area (Å²) in [7, 11) is 0. The number of hydrogen-bond acceptors (Lipinski definition) is 2. The van der Waals surface area contributed by atoms with Crippen molar-refractivity contribution in [3.63, 3.8) is 0 Å². The van der Waals surface area contributed by atoms with E-state index in [2.05, 4.69) is 17.1 Å². The van der Waals surface area contributed by atoms with E-state index in [9.17, 15) is 8.78 Å². The van der Waals surface area contributed by atoms with E-state index in [1.807, 2.05) is 6.92 Å². The SMILES string of the molecule is CCCN(CC1CCCN1)C(C)c1cc(F)ccc1F. The molecular weight excluding hydrogens is 258 g/mol. The first kappa shape index (κ1) is 15.4. The molecule has 2 unspecified atom stereocenters. The molecule has 0 saturated carbocycles. The smallest absolute Gasteiger partial charge is 0.128 e. The van der Waals surface area contributed by atoms with Gasteiger partial charge in [0.15, 0.2) is 0 Å². The van der Waals surface area contributed by atoms with Gasteiger partial charge >= 0.3 is 0 Å². The van der Waals surface area contributed by atoms with E-state index < -0.39 is 0 Å². The van der Waals surface area contributed by atoms with Gasteiger partial charge in [-0.2, -0.15) is 0 Å². The summed E-state index contributed by atoms with van der Waals surface area (Å²) < 4.78 is 27.3. The van der Waals surface area contributed by atoms with Crippen molar-refractivity contribution in [1.29, 1.82) is 0 Å². The van der Waals surface area contributed by atoms with Gasteiger partial charge in [0.25, 0.3) is 0 Å². The van der Waals surface area contributed by atoms with Crippen molar-refractivity contribution in [1.82, 2.24) is 10.2 Å². The number of hydrogen-bond donors (Lipinski definition) is 1. The number of halogens is 2. The lowest BCUT2D eigenvalue weighted by molar-refractivity contribution is 0.189. The standard InChI is InChI=1S/C16H24F2N2/c1-3-9-20(11-14-5-4-8-19-14)12(2)15-10-13(17)6-7-16(15)18/h6-7,10,12,14,19H,3-5,8-9,11H2,1-2H3. The van der Waals surface area contributed by atoms with Crippen LogP contribution in [0.3, 0.4) is 0 Å². The van der Waals surface area contributed by atoms with Gasteiger partial charge in [0.05, 0.1) is 0 Å². The van der Waals surface area contributed by atoms with Gasteiger partial charge in [0.1, 0.15) is 11.6 Å². The van der Waals surface area contributed by atoms with Gasteiger partial charge in [-0.25, -0.2) is 8.78 Å². The predicted octanol–water partition coefficient (Wildman–Crippen LogP) is 3.49. The molecular formula is C16H24F2N2.